The van der Waals surface area contributed by atoms with E-state index in [1.54, 1.807) is 6.07 Å². The number of thioether (sulfide) groups is 1. The molecule has 16 heavy (non-hydrogen) atoms. The highest BCUT2D eigenvalue weighted by molar-refractivity contribution is 7.98. The Hall–Kier alpha value is -0.480. The van der Waals surface area contributed by atoms with Crippen molar-refractivity contribution in [1.82, 2.24) is 9.97 Å². The van der Waals surface area contributed by atoms with Crippen LogP contribution in [0.25, 0.3) is 0 Å². The molecular formula is C11H15ClN2OS. The van der Waals surface area contributed by atoms with E-state index in [-0.39, 0.29) is 0 Å². The van der Waals surface area contributed by atoms with Crippen molar-refractivity contribution in [1.29, 1.82) is 0 Å². The topological polar surface area (TPSA) is 35.0 Å². The molecule has 0 unspecified atom stereocenters. The highest BCUT2D eigenvalue weighted by atomic mass is 35.5. The molecule has 1 heterocycles. The van der Waals surface area contributed by atoms with Crippen LogP contribution < -0.4 is 4.74 Å². The smallest absolute Gasteiger partial charge is 0.218 e. The quantitative estimate of drug-likeness (QED) is 0.471. The largest absolute Gasteiger partial charge is 0.477 e. The highest BCUT2D eigenvalue weighted by Crippen LogP contribution is 2.26. The third-order valence-electron chi connectivity index (χ3n) is 2.78. The number of hydrogen-bond donors (Lipinski definition) is 0. The van der Waals surface area contributed by atoms with Gasteiger partial charge < -0.3 is 4.74 Å². The van der Waals surface area contributed by atoms with Gasteiger partial charge in [-0.3, -0.25) is 0 Å². The summed E-state index contributed by atoms with van der Waals surface area (Å²) in [5.74, 6) is 1.28. The van der Waals surface area contributed by atoms with Crippen molar-refractivity contribution in [2.24, 2.45) is 5.92 Å². The SMILES string of the molecule is CSc1nc(Cl)cc(OCC2CCCC2)n1. The van der Waals surface area contributed by atoms with Gasteiger partial charge in [0.25, 0.3) is 0 Å². The van der Waals surface area contributed by atoms with E-state index < -0.39 is 0 Å². The first kappa shape index (κ1) is 12.0. The van der Waals surface area contributed by atoms with E-state index in [0.717, 1.165) is 6.61 Å². The molecule has 0 bridgehead atoms. The Labute approximate surface area is 105 Å². The minimum Gasteiger partial charge on any atom is -0.477 e. The van der Waals surface area contributed by atoms with E-state index in [0.29, 0.717) is 22.1 Å². The van der Waals surface area contributed by atoms with Crippen LogP contribution in [-0.4, -0.2) is 22.8 Å². The molecule has 1 aromatic rings. The van der Waals surface area contributed by atoms with Crippen LogP contribution >= 0.6 is 23.4 Å². The van der Waals surface area contributed by atoms with Crippen molar-refractivity contribution >= 4 is 23.4 Å². The Morgan fingerprint density at radius 1 is 1.44 bits per heavy atom. The summed E-state index contributed by atoms with van der Waals surface area (Å²) in [5.41, 5.74) is 0. The van der Waals surface area contributed by atoms with Crippen molar-refractivity contribution < 1.29 is 4.74 Å². The molecule has 0 radical (unpaired) electrons. The van der Waals surface area contributed by atoms with Crippen LogP contribution in [0.3, 0.4) is 0 Å². The van der Waals surface area contributed by atoms with Crippen molar-refractivity contribution in [2.75, 3.05) is 12.9 Å². The molecule has 0 atom stereocenters. The maximum Gasteiger partial charge on any atom is 0.218 e. The van der Waals surface area contributed by atoms with Gasteiger partial charge in [-0.05, 0) is 25.0 Å². The number of hydrogen-bond acceptors (Lipinski definition) is 4. The summed E-state index contributed by atoms with van der Waals surface area (Å²) in [7, 11) is 0. The molecule has 2 rings (SSSR count). The van der Waals surface area contributed by atoms with Gasteiger partial charge in [0.1, 0.15) is 5.15 Å². The fraction of sp³-hybridized carbons (Fsp3) is 0.636. The second-order valence-corrected chi connectivity index (χ2v) is 5.14. The van der Waals surface area contributed by atoms with Crippen LogP contribution in [0, 0.1) is 5.92 Å². The van der Waals surface area contributed by atoms with Crippen LogP contribution in [0.1, 0.15) is 25.7 Å². The molecule has 1 aliphatic carbocycles. The second-order valence-electron chi connectivity index (χ2n) is 3.98. The van der Waals surface area contributed by atoms with Gasteiger partial charge in [-0.2, -0.15) is 4.98 Å². The zero-order chi connectivity index (χ0) is 11.4. The minimum atomic E-state index is 0.445. The van der Waals surface area contributed by atoms with Crippen LogP contribution in [-0.2, 0) is 0 Å². The summed E-state index contributed by atoms with van der Waals surface area (Å²) in [4.78, 5) is 8.33. The molecular weight excluding hydrogens is 244 g/mol. The number of halogens is 1. The summed E-state index contributed by atoms with van der Waals surface area (Å²) < 4.78 is 5.66. The van der Waals surface area contributed by atoms with E-state index in [2.05, 4.69) is 9.97 Å². The molecule has 0 aliphatic heterocycles. The monoisotopic (exact) mass is 258 g/mol. The summed E-state index contributed by atoms with van der Waals surface area (Å²) in [6, 6.07) is 1.68. The number of ether oxygens (including phenoxy) is 1. The lowest BCUT2D eigenvalue weighted by Crippen LogP contribution is -2.09. The lowest BCUT2D eigenvalue weighted by Gasteiger charge is -2.10. The standard InChI is InChI=1S/C11H15ClN2OS/c1-16-11-13-9(12)6-10(14-11)15-7-8-4-2-3-5-8/h6,8H,2-5,7H2,1H3. The fourth-order valence-corrected chi connectivity index (χ4v) is 2.52. The second kappa shape index (κ2) is 5.73. The first-order valence-electron chi connectivity index (χ1n) is 5.49. The molecule has 1 saturated carbocycles. The molecule has 0 saturated heterocycles. The van der Waals surface area contributed by atoms with Gasteiger partial charge in [0.15, 0.2) is 5.16 Å². The molecule has 1 aliphatic rings. The van der Waals surface area contributed by atoms with Crippen LogP contribution in [0.15, 0.2) is 11.2 Å². The predicted octanol–water partition coefficient (Wildman–Crippen LogP) is 3.42. The lowest BCUT2D eigenvalue weighted by atomic mass is 10.1. The number of nitrogens with zero attached hydrogens (tertiary/aromatic N) is 2. The predicted molar refractivity (Wildman–Crippen MR) is 66.3 cm³/mol. The van der Waals surface area contributed by atoms with Crippen molar-refractivity contribution in [3.8, 4) is 5.88 Å². The fourth-order valence-electron chi connectivity index (χ4n) is 1.92. The minimum absolute atomic E-state index is 0.445. The Kier molecular flexibility index (Phi) is 4.29. The zero-order valence-electron chi connectivity index (χ0n) is 9.28. The van der Waals surface area contributed by atoms with Crippen molar-refractivity contribution in [2.45, 2.75) is 30.8 Å². The Morgan fingerprint density at radius 3 is 2.88 bits per heavy atom. The van der Waals surface area contributed by atoms with Gasteiger partial charge >= 0.3 is 0 Å². The van der Waals surface area contributed by atoms with E-state index >= 15 is 0 Å². The van der Waals surface area contributed by atoms with Crippen LogP contribution in [0.4, 0.5) is 0 Å². The molecule has 88 valence electrons. The van der Waals surface area contributed by atoms with E-state index in [1.165, 1.54) is 37.4 Å². The lowest BCUT2D eigenvalue weighted by molar-refractivity contribution is 0.241. The van der Waals surface area contributed by atoms with E-state index in [4.69, 9.17) is 16.3 Å². The molecule has 0 spiro atoms. The van der Waals surface area contributed by atoms with Crippen LogP contribution in [0.2, 0.25) is 5.15 Å². The van der Waals surface area contributed by atoms with Gasteiger partial charge in [0.05, 0.1) is 6.61 Å². The van der Waals surface area contributed by atoms with Crippen molar-refractivity contribution in [3.05, 3.63) is 11.2 Å². The van der Waals surface area contributed by atoms with Gasteiger partial charge in [-0.25, -0.2) is 4.98 Å². The zero-order valence-corrected chi connectivity index (χ0v) is 10.9. The summed E-state index contributed by atoms with van der Waals surface area (Å²) in [6.07, 6.45) is 7.12. The molecule has 5 heteroatoms. The molecule has 0 aromatic carbocycles. The molecule has 0 N–H and O–H groups in total. The summed E-state index contributed by atoms with van der Waals surface area (Å²) in [6.45, 7) is 0.751. The summed E-state index contributed by atoms with van der Waals surface area (Å²) in [5, 5.41) is 1.11. The first-order chi connectivity index (χ1) is 7.78. The first-order valence-corrected chi connectivity index (χ1v) is 7.09. The van der Waals surface area contributed by atoms with Gasteiger partial charge in [-0.15, -0.1) is 0 Å². The van der Waals surface area contributed by atoms with Crippen molar-refractivity contribution in [3.63, 3.8) is 0 Å². The Bertz CT molecular complexity index is 356. The molecule has 0 amide bonds. The number of rotatable bonds is 4. The third-order valence-corrected chi connectivity index (χ3v) is 3.52. The van der Waals surface area contributed by atoms with E-state index in [1.807, 2.05) is 6.26 Å². The Balaban J connectivity index is 1.94. The average Bonchev–Trinajstić information content (AvgIpc) is 2.78. The highest BCUT2D eigenvalue weighted by Gasteiger charge is 2.16. The van der Waals surface area contributed by atoms with Gasteiger partial charge in [0.2, 0.25) is 5.88 Å². The maximum absolute atomic E-state index is 5.88. The normalized spacial score (nSPS) is 16.6. The molecule has 1 aromatic heterocycles. The maximum atomic E-state index is 5.88. The summed E-state index contributed by atoms with van der Waals surface area (Å²) >= 11 is 7.35. The van der Waals surface area contributed by atoms with E-state index in [9.17, 15) is 0 Å². The Morgan fingerprint density at radius 2 is 2.19 bits per heavy atom. The van der Waals surface area contributed by atoms with Gasteiger partial charge in [0, 0.05) is 6.07 Å². The van der Waals surface area contributed by atoms with Gasteiger partial charge in [-0.1, -0.05) is 36.2 Å². The number of aromatic nitrogens is 2. The van der Waals surface area contributed by atoms with Crippen LogP contribution in [0.5, 0.6) is 5.88 Å². The third kappa shape index (κ3) is 3.25. The average molecular weight is 259 g/mol. The molecule has 3 nitrogen and oxygen atoms in total. The molecule has 1 fully saturated rings.